The van der Waals surface area contributed by atoms with Crippen molar-refractivity contribution in [1.29, 1.82) is 0 Å². The van der Waals surface area contributed by atoms with Crippen LogP contribution in [0.15, 0.2) is 12.1 Å². The average Bonchev–Trinajstić information content (AvgIpc) is 2.35. The number of aliphatic hydroxyl groups is 1. The van der Waals surface area contributed by atoms with Gasteiger partial charge in [0, 0.05) is 12.1 Å². The SMILES string of the molecule is Cc1c(C2(O)CC3COCC(C2)N3)ccc(F)c1F. The molecule has 2 fully saturated rings. The number of benzene rings is 1. The number of hydrogen-bond acceptors (Lipinski definition) is 3. The molecule has 1 aromatic carbocycles. The van der Waals surface area contributed by atoms with Gasteiger partial charge in [0.15, 0.2) is 11.6 Å². The van der Waals surface area contributed by atoms with Crippen LogP contribution >= 0.6 is 0 Å². The Morgan fingerprint density at radius 2 is 1.89 bits per heavy atom. The van der Waals surface area contributed by atoms with Crippen LogP contribution in [-0.4, -0.2) is 30.4 Å². The summed E-state index contributed by atoms with van der Waals surface area (Å²) >= 11 is 0. The molecule has 0 aliphatic carbocycles. The van der Waals surface area contributed by atoms with E-state index < -0.39 is 17.2 Å². The Balaban J connectivity index is 1.98. The standard InChI is InChI=1S/C14H17F2NO2/c1-8-11(2-3-12(15)13(8)16)14(18)4-9-6-19-7-10(5-14)17-9/h2-3,9-10,17-18H,4-7H2,1H3. The molecule has 2 N–H and O–H groups in total. The summed E-state index contributed by atoms with van der Waals surface area (Å²) in [6.45, 7) is 2.60. The molecule has 104 valence electrons. The molecule has 2 atom stereocenters. The maximum Gasteiger partial charge on any atom is 0.162 e. The Hall–Kier alpha value is -1.04. The summed E-state index contributed by atoms with van der Waals surface area (Å²) < 4.78 is 32.3. The summed E-state index contributed by atoms with van der Waals surface area (Å²) in [6.07, 6.45) is 0.908. The Bertz CT molecular complexity index is 494. The highest BCUT2D eigenvalue weighted by Crippen LogP contribution is 2.38. The lowest BCUT2D eigenvalue weighted by Gasteiger charge is -2.45. The molecular formula is C14H17F2NO2. The molecule has 0 radical (unpaired) electrons. The Morgan fingerprint density at radius 1 is 1.26 bits per heavy atom. The lowest BCUT2D eigenvalue weighted by atomic mass is 9.76. The second kappa shape index (κ2) is 4.51. The van der Waals surface area contributed by atoms with Gasteiger partial charge >= 0.3 is 0 Å². The highest BCUT2D eigenvalue weighted by atomic mass is 19.2. The van der Waals surface area contributed by atoms with Crippen molar-refractivity contribution in [1.82, 2.24) is 5.32 Å². The van der Waals surface area contributed by atoms with Gasteiger partial charge in [0.25, 0.3) is 0 Å². The molecule has 0 aromatic heterocycles. The van der Waals surface area contributed by atoms with Crippen molar-refractivity contribution in [3.8, 4) is 0 Å². The number of ether oxygens (including phenoxy) is 1. The fourth-order valence-electron chi connectivity index (χ4n) is 3.29. The van der Waals surface area contributed by atoms with Crippen molar-refractivity contribution >= 4 is 0 Å². The van der Waals surface area contributed by atoms with Crippen molar-refractivity contribution in [3.05, 3.63) is 34.9 Å². The molecule has 2 heterocycles. The van der Waals surface area contributed by atoms with Crippen molar-refractivity contribution in [2.24, 2.45) is 0 Å². The van der Waals surface area contributed by atoms with Crippen LogP contribution in [0.25, 0.3) is 0 Å². The third-order valence-corrected chi connectivity index (χ3v) is 4.12. The molecule has 0 saturated carbocycles. The van der Waals surface area contributed by atoms with E-state index in [0.29, 0.717) is 31.6 Å². The molecule has 0 spiro atoms. The van der Waals surface area contributed by atoms with Crippen LogP contribution in [0, 0.1) is 18.6 Å². The van der Waals surface area contributed by atoms with Gasteiger partial charge in [-0.3, -0.25) is 0 Å². The lowest BCUT2D eigenvalue weighted by molar-refractivity contribution is -0.0806. The minimum absolute atomic E-state index is 0.0602. The Morgan fingerprint density at radius 3 is 2.53 bits per heavy atom. The third kappa shape index (κ3) is 2.16. The predicted molar refractivity (Wildman–Crippen MR) is 65.8 cm³/mol. The highest BCUT2D eigenvalue weighted by Gasteiger charge is 2.43. The maximum absolute atomic E-state index is 13.7. The fraction of sp³-hybridized carbons (Fsp3) is 0.571. The van der Waals surface area contributed by atoms with Crippen LogP contribution in [0.5, 0.6) is 0 Å². The van der Waals surface area contributed by atoms with E-state index in [1.54, 1.807) is 0 Å². The first-order valence-electron chi connectivity index (χ1n) is 6.51. The number of piperidine rings is 1. The van der Waals surface area contributed by atoms with Crippen LogP contribution < -0.4 is 5.32 Å². The van der Waals surface area contributed by atoms with Gasteiger partial charge in [-0.05, 0) is 37.0 Å². The van der Waals surface area contributed by atoms with E-state index in [-0.39, 0.29) is 17.6 Å². The maximum atomic E-state index is 13.7. The molecule has 3 nitrogen and oxygen atoms in total. The van der Waals surface area contributed by atoms with E-state index >= 15 is 0 Å². The van der Waals surface area contributed by atoms with Gasteiger partial charge in [-0.15, -0.1) is 0 Å². The van der Waals surface area contributed by atoms with Crippen LogP contribution in [0.3, 0.4) is 0 Å². The molecule has 5 heteroatoms. The quantitative estimate of drug-likeness (QED) is 0.814. The van der Waals surface area contributed by atoms with Gasteiger partial charge in [-0.25, -0.2) is 8.78 Å². The number of halogens is 2. The average molecular weight is 269 g/mol. The van der Waals surface area contributed by atoms with Crippen molar-refractivity contribution < 1.29 is 18.6 Å². The summed E-state index contributed by atoms with van der Waals surface area (Å²) in [6, 6.07) is 2.70. The second-order valence-electron chi connectivity index (χ2n) is 5.57. The second-order valence-corrected chi connectivity index (χ2v) is 5.57. The predicted octanol–water partition coefficient (Wildman–Crippen LogP) is 1.61. The van der Waals surface area contributed by atoms with Crippen LogP contribution in [0.2, 0.25) is 0 Å². The van der Waals surface area contributed by atoms with Crippen LogP contribution in [0.1, 0.15) is 24.0 Å². The normalized spacial score (nSPS) is 34.3. The molecule has 2 aliphatic heterocycles. The molecule has 3 rings (SSSR count). The first-order chi connectivity index (χ1) is 8.99. The van der Waals surface area contributed by atoms with Gasteiger partial charge in [0.1, 0.15) is 0 Å². The molecular weight excluding hydrogens is 252 g/mol. The first-order valence-corrected chi connectivity index (χ1v) is 6.51. The third-order valence-electron chi connectivity index (χ3n) is 4.12. The lowest BCUT2D eigenvalue weighted by Crippen LogP contribution is -2.58. The zero-order chi connectivity index (χ0) is 13.6. The molecule has 2 saturated heterocycles. The van der Waals surface area contributed by atoms with E-state index in [1.165, 1.54) is 13.0 Å². The van der Waals surface area contributed by atoms with Gasteiger partial charge in [-0.1, -0.05) is 6.07 Å². The fourth-order valence-corrected chi connectivity index (χ4v) is 3.29. The van der Waals surface area contributed by atoms with Gasteiger partial charge in [0.05, 0.1) is 18.8 Å². The Labute approximate surface area is 110 Å². The van der Waals surface area contributed by atoms with Crippen LogP contribution in [-0.2, 0) is 10.3 Å². The number of hydrogen-bond donors (Lipinski definition) is 2. The summed E-state index contributed by atoms with van der Waals surface area (Å²) in [5, 5.41) is 14.2. The van der Waals surface area contributed by atoms with E-state index in [9.17, 15) is 13.9 Å². The molecule has 2 bridgehead atoms. The number of nitrogens with one attached hydrogen (secondary N) is 1. The minimum Gasteiger partial charge on any atom is -0.385 e. The molecule has 2 aliphatic rings. The van der Waals surface area contributed by atoms with E-state index in [2.05, 4.69) is 5.32 Å². The number of fused-ring (bicyclic) bond motifs is 2. The number of morpholine rings is 1. The van der Waals surface area contributed by atoms with Gasteiger partial charge in [0.2, 0.25) is 0 Å². The summed E-state index contributed by atoms with van der Waals surface area (Å²) in [5.41, 5.74) is -0.420. The topological polar surface area (TPSA) is 41.5 Å². The monoisotopic (exact) mass is 269 g/mol. The van der Waals surface area contributed by atoms with E-state index in [1.807, 2.05) is 0 Å². The smallest absolute Gasteiger partial charge is 0.162 e. The zero-order valence-corrected chi connectivity index (χ0v) is 10.7. The number of rotatable bonds is 1. The molecule has 1 aromatic rings. The summed E-state index contributed by atoms with van der Waals surface area (Å²) in [7, 11) is 0. The van der Waals surface area contributed by atoms with Crippen molar-refractivity contribution in [3.63, 3.8) is 0 Å². The van der Waals surface area contributed by atoms with E-state index in [4.69, 9.17) is 4.74 Å². The van der Waals surface area contributed by atoms with Gasteiger partial charge < -0.3 is 15.2 Å². The Kier molecular flexibility index (Phi) is 3.08. The van der Waals surface area contributed by atoms with Crippen molar-refractivity contribution in [2.75, 3.05) is 13.2 Å². The first kappa shape index (κ1) is 13.0. The summed E-state index contributed by atoms with van der Waals surface area (Å²) in [5.74, 6) is -1.74. The zero-order valence-electron chi connectivity index (χ0n) is 10.7. The van der Waals surface area contributed by atoms with Crippen molar-refractivity contribution in [2.45, 2.75) is 37.5 Å². The van der Waals surface area contributed by atoms with Gasteiger partial charge in [-0.2, -0.15) is 0 Å². The largest absolute Gasteiger partial charge is 0.385 e. The minimum atomic E-state index is -1.11. The summed E-state index contributed by atoms with van der Waals surface area (Å²) in [4.78, 5) is 0. The molecule has 19 heavy (non-hydrogen) atoms. The highest BCUT2D eigenvalue weighted by molar-refractivity contribution is 5.34. The van der Waals surface area contributed by atoms with E-state index in [0.717, 1.165) is 6.07 Å². The molecule has 0 amide bonds. The van der Waals surface area contributed by atoms with Crippen LogP contribution in [0.4, 0.5) is 8.78 Å². The molecule has 2 unspecified atom stereocenters.